The maximum absolute atomic E-state index is 9.85. The summed E-state index contributed by atoms with van der Waals surface area (Å²) in [6.45, 7) is 2.99. The van der Waals surface area contributed by atoms with Crippen LogP contribution in [0.15, 0.2) is 18.2 Å². The van der Waals surface area contributed by atoms with E-state index in [0.29, 0.717) is 25.4 Å². The first-order chi connectivity index (χ1) is 8.20. The van der Waals surface area contributed by atoms with Gasteiger partial charge < -0.3 is 19.7 Å². The normalized spacial score (nSPS) is 12.4. The summed E-state index contributed by atoms with van der Waals surface area (Å²) in [4.78, 5) is 0. The Bertz CT molecular complexity index is 338. The van der Waals surface area contributed by atoms with Crippen molar-refractivity contribution in [2.24, 2.45) is 0 Å². The first kappa shape index (κ1) is 13.8. The Labute approximate surface area is 102 Å². The minimum absolute atomic E-state index is 0.0544. The molecule has 1 aromatic carbocycles. The highest BCUT2D eigenvalue weighted by Gasteiger charge is 2.15. The molecule has 0 fully saturated rings. The van der Waals surface area contributed by atoms with Gasteiger partial charge >= 0.3 is 0 Å². The van der Waals surface area contributed by atoms with Crippen LogP contribution in [0, 0.1) is 0 Å². The summed E-state index contributed by atoms with van der Waals surface area (Å²) >= 11 is 0. The minimum Gasteiger partial charge on any atom is -0.508 e. The second-order valence-corrected chi connectivity index (χ2v) is 3.94. The number of hydrogen-bond donors (Lipinski definition) is 2. The lowest BCUT2D eigenvalue weighted by molar-refractivity contribution is 0.145. The van der Waals surface area contributed by atoms with Gasteiger partial charge in [0.25, 0.3) is 0 Å². The van der Waals surface area contributed by atoms with Gasteiger partial charge in [-0.05, 0) is 24.5 Å². The molecule has 0 saturated carbocycles. The van der Waals surface area contributed by atoms with Gasteiger partial charge in [0.1, 0.15) is 18.1 Å². The Morgan fingerprint density at radius 2 is 2.06 bits per heavy atom. The predicted molar refractivity (Wildman–Crippen MR) is 65.6 cm³/mol. The molecule has 0 spiro atoms. The van der Waals surface area contributed by atoms with Gasteiger partial charge in [-0.1, -0.05) is 13.0 Å². The summed E-state index contributed by atoms with van der Waals surface area (Å²) in [7, 11) is 1.61. The van der Waals surface area contributed by atoms with Crippen LogP contribution in [0.2, 0.25) is 0 Å². The number of phenols is 1. The number of phenolic OH excluding ortho intramolecular Hbond substituents is 1. The molecule has 4 heteroatoms. The number of rotatable bonds is 7. The SMILES string of the molecule is COCCOc1cccc(O)c1C(C)CCO. The van der Waals surface area contributed by atoms with Crippen LogP contribution in [0.25, 0.3) is 0 Å². The maximum Gasteiger partial charge on any atom is 0.126 e. The number of aliphatic hydroxyl groups is 1. The van der Waals surface area contributed by atoms with Gasteiger partial charge in [0.05, 0.1) is 6.61 Å². The van der Waals surface area contributed by atoms with Gasteiger partial charge in [0.2, 0.25) is 0 Å². The summed E-state index contributed by atoms with van der Waals surface area (Å²) in [5, 5.41) is 18.8. The quantitative estimate of drug-likeness (QED) is 0.715. The Hall–Kier alpha value is -1.26. The van der Waals surface area contributed by atoms with Crippen molar-refractivity contribution in [1.82, 2.24) is 0 Å². The molecule has 0 aliphatic carbocycles. The molecule has 0 radical (unpaired) electrons. The van der Waals surface area contributed by atoms with E-state index >= 15 is 0 Å². The standard InChI is InChI=1S/C13H20O4/c1-10(6-7-14)13-11(15)4-3-5-12(13)17-9-8-16-2/h3-5,10,14-15H,6-9H2,1-2H3. The van der Waals surface area contributed by atoms with Gasteiger partial charge in [0.15, 0.2) is 0 Å². The molecule has 0 heterocycles. The van der Waals surface area contributed by atoms with E-state index in [9.17, 15) is 5.11 Å². The number of benzene rings is 1. The zero-order valence-electron chi connectivity index (χ0n) is 10.3. The molecule has 0 aliphatic heterocycles. The average Bonchev–Trinajstić information content (AvgIpc) is 2.29. The lowest BCUT2D eigenvalue weighted by Crippen LogP contribution is -2.07. The Balaban J connectivity index is 2.83. The molecular weight excluding hydrogens is 220 g/mol. The molecule has 0 aromatic heterocycles. The number of ether oxygens (including phenoxy) is 2. The molecule has 0 saturated heterocycles. The van der Waals surface area contributed by atoms with Crippen molar-refractivity contribution >= 4 is 0 Å². The van der Waals surface area contributed by atoms with E-state index in [4.69, 9.17) is 14.6 Å². The molecule has 1 unspecified atom stereocenters. The predicted octanol–water partition coefficient (Wildman–Crippen LogP) is 1.90. The van der Waals surface area contributed by atoms with Crippen LogP contribution in [-0.4, -0.2) is 37.1 Å². The van der Waals surface area contributed by atoms with Crippen LogP contribution in [-0.2, 0) is 4.74 Å². The Morgan fingerprint density at radius 3 is 2.71 bits per heavy atom. The van der Waals surface area contributed by atoms with Crippen molar-refractivity contribution in [2.45, 2.75) is 19.3 Å². The van der Waals surface area contributed by atoms with Crippen LogP contribution in [0.4, 0.5) is 0 Å². The largest absolute Gasteiger partial charge is 0.508 e. The van der Waals surface area contributed by atoms with Gasteiger partial charge in [0, 0.05) is 19.3 Å². The van der Waals surface area contributed by atoms with Crippen molar-refractivity contribution in [3.8, 4) is 11.5 Å². The molecule has 0 amide bonds. The third-order valence-electron chi connectivity index (χ3n) is 2.64. The highest BCUT2D eigenvalue weighted by atomic mass is 16.5. The first-order valence-corrected chi connectivity index (χ1v) is 5.75. The highest BCUT2D eigenvalue weighted by molar-refractivity contribution is 5.46. The fraction of sp³-hybridized carbons (Fsp3) is 0.538. The second-order valence-electron chi connectivity index (χ2n) is 3.94. The maximum atomic E-state index is 9.85. The van der Waals surface area contributed by atoms with E-state index in [-0.39, 0.29) is 18.3 Å². The van der Waals surface area contributed by atoms with Crippen molar-refractivity contribution < 1.29 is 19.7 Å². The third kappa shape index (κ3) is 3.91. The first-order valence-electron chi connectivity index (χ1n) is 5.75. The minimum atomic E-state index is 0.0544. The van der Waals surface area contributed by atoms with Gasteiger partial charge in [-0.2, -0.15) is 0 Å². The number of methoxy groups -OCH3 is 1. The van der Waals surface area contributed by atoms with E-state index in [1.807, 2.05) is 13.0 Å². The number of hydrogen-bond acceptors (Lipinski definition) is 4. The monoisotopic (exact) mass is 240 g/mol. The van der Waals surface area contributed by atoms with Crippen molar-refractivity contribution in [3.63, 3.8) is 0 Å². The number of aliphatic hydroxyl groups excluding tert-OH is 1. The van der Waals surface area contributed by atoms with Gasteiger partial charge in [-0.25, -0.2) is 0 Å². The molecular formula is C13H20O4. The Morgan fingerprint density at radius 1 is 1.29 bits per heavy atom. The van der Waals surface area contributed by atoms with Crippen LogP contribution in [0.1, 0.15) is 24.8 Å². The zero-order valence-corrected chi connectivity index (χ0v) is 10.3. The van der Waals surface area contributed by atoms with Crippen molar-refractivity contribution in [3.05, 3.63) is 23.8 Å². The fourth-order valence-electron chi connectivity index (χ4n) is 1.73. The molecule has 17 heavy (non-hydrogen) atoms. The summed E-state index contributed by atoms with van der Waals surface area (Å²) in [5.41, 5.74) is 0.748. The van der Waals surface area contributed by atoms with Crippen molar-refractivity contribution in [2.75, 3.05) is 26.9 Å². The fourth-order valence-corrected chi connectivity index (χ4v) is 1.73. The molecule has 4 nitrogen and oxygen atoms in total. The second kappa shape index (κ2) is 7.14. The molecule has 1 rings (SSSR count). The molecule has 1 aromatic rings. The smallest absolute Gasteiger partial charge is 0.126 e. The molecule has 96 valence electrons. The average molecular weight is 240 g/mol. The van der Waals surface area contributed by atoms with E-state index in [1.54, 1.807) is 19.2 Å². The molecule has 1 atom stereocenters. The highest BCUT2D eigenvalue weighted by Crippen LogP contribution is 2.35. The van der Waals surface area contributed by atoms with Gasteiger partial charge in [-0.15, -0.1) is 0 Å². The van der Waals surface area contributed by atoms with Crippen LogP contribution >= 0.6 is 0 Å². The summed E-state index contributed by atoms with van der Waals surface area (Å²) in [6.07, 6.45) is 0.595. The van der Waals surface area contributed by atoms with E-state index in [2.05, 4.69) is 0 Å². The summed E-state index contributed by atoms with van der Waals surface area (Å²) in [5.74, 6) is 0.919. The topological polar surface area (TPSA) is 58.9 Å². The summed E-state index contributed by atoms with van der Waals surface area (Å²) in [6, 6.07) is 5.19. The van der Waals surface area contributed by atoms with E-state index in [0.717, 1.165) is 5.56 Å². The van der Waals surface area contributed by atoms with E-state index in [1.165, 1.54) is 0 Å². The van der Waals surface area contributed by atoms with E-state index < -0.39 is 0 Å². The Kier molecular flexibility index (Phi) is 5.80. The molecule has 0 bridgehead atoms. The van der Waals surface area contributed by atoms with Crippen LogP contribution < -0.4 is 4.74 Å². The van der Waals surface area contributed by atoms with Crippen molar-refractivity contribution in [1.29, 1.82) is 0 Å². The lowest BCUT2D eigenvalue weighted by atomic mass is 9.96. The molecule has 2 N–H and O–H groups in total. The van der Waals surface area contributed by atoms with Crippen LogP contribution in [0.5, 0.6) is 11.5 Å². The zero-order chi connectivity index (χ0) is 12.7. The lowest BCUT2D eigenvalue weighted by Gasteiger charge is -2.17. The van der Waals surface area contributed by atoms with Gasteiger partial charge in [-0.3, -0.25) is 0 Å². The number of aromatic hydroxyl groups is 1. The van der Waals surface area contributed by atoms with Crippen LogP contribution in [0.3, 0.4) is 0 Å². The third-order valence-corrected chi connectivity index (χ3v) is 2.64. The summed E-state index contributed by atoms with van der Waals surface area (Å²) < 4.78 is 10.5. The molecule has 0 aliphatic rings.